The number of allylic oxidation sites excluding steroid dienone is 2. The first-order chi connectivity index (χ1) is 31.6. The summed E-state index contributed by atoms with van der Waals surface area (Å²) < 4.78 is 1.42. The fourth-order valence-corrected chi connectivity index (χ4v) is 14.4. The van der Waals surface area contributed by atoms with E-state index in [1.54, 1.807) is 16.7 Å². The Hall–Kier alpha value is -4.80. The number of nitrogens with zero attached hydrogens (tertiary/aromatic N) is 2. The summed E-state index contributed by atoms with van der Waals surface area (Å²) in [6, 6.07) is 34.6. The van der Waals surface area contributed by atoms with Gasteiger partial charge in [0.15, 0.2) is 0 Å². The maximum Gasteiger partial charge on any atom is 0.248 e. The van der Waals surface area contributed by atoms with E-state index < -0.39 is 0 Å². The molecule has 0 radical (unpaired) electrons. The van der Waals surface area contributed by atoms with Crippen molar-refractivity contribution in [3.63, 3.8) is 0 Å². The van der Waals surface area contributed by atoms with Crippen LogP contribution in [0.1, 0.15) is 167 Å². The first-order valence-corrected chi connectivity index (χ1v) is 26.5. The predicted octanol–water partition coefficient (Wildman–Crippen LogP) is 15.6. The Balaban J connectivity index is 1.26. The quantitative estimate of drug-likeness (QED) is 0.159. The topological polar surface area (TPSA) is 6.48 Å². The number of thiophene rings is 1. The summed E-state index contributed by atoms with van der Waals surface area (Å²) in [5.74, 6) is 0. The molecule has 0 saturated heterocycles. The maximum atomic E-state index is 2.81. The van der Waals surface area contributed by atoms with Gasteiger partial charge in [0.05, 0.1) is 6.04 Å². The summed E-state index contributed by atoms with van der Waals surface area (Å²) in [5, 5.41) is 3.99. The van der Waals surface area contributed by atoms with E-state index in [-0.39, 0.29) is 45.2 Å². The molecule has 0 amide bonds. The minimum absolute atomic E-state index is 0.0296. The first-order valence-electron chi connectivity index (χ1n) is 25.6. The van der Waals surface area contributed by atoms with Gasteiger partial charge in [-0.15, -0.1) is 11.3 Å². The van der Waals surface area contributed by atoms with Crippen molar-refractivity contribution >= 4 is 73.0 Å². The molecular weight excluding hydrogens is 828 g/mol. The van der Waals surface area contributed by atoms with Gasteiger partial charge in [-0.2, -0.15) is 0 Å². The van der Waals surface area contributed by atoms with Gasteiger partial charge in [-0.25, -0.2) is 0 Å². The molecule has 1 unspecified atom stereocenters. The van der Waals surface area contributed by atoms with E-state index in [1.165, 1.54) is 109 Å². The minimum atomic E-state index is -0.0296. The molecule has 2 nitrogen and oxygen atoms in total. The lowest BCUT2D eigenvalue weighted by Gasteiger charge is -2.48. The van der Waals surface area contributed by atoms with Crippen LogP contribution >= 0.6 is 11.3 Å². The molecule has 5 aliphatic rings. The zero-order valence-electron chi connectivity index (χ0n) is 42.9. The summed E-state index contributed by atoms with van der Waals surface area (Å²) >= 11 is 1.96. The fraction of sp³-hybridized carbons (Fsp3) is 0.429. The molecule has 0 spiro atoms. The average molecular weight is 901 g/mol. The lowest BCUT2D eigenvalue weighted by atomic mass is 9.34. The van der Waals surface area contributed by atoms with Crippen LogP contribution in [-0.2, 0) is 32.5 Å². The van der Waals surface area contributed by atoms with Crippen molar-refractivity contribution in [2.24, 2.45) is 0 Å². The molecule has 1 aliphatic heterocycles. The summed E-state index contributed by atoms with van der Waals surface area (Å²) in [7, 11) is 0. The zero-order valence-corrected chi connectivity index (χ0v) is 43.7. The second-order valence-corrected chi connectivity index (χ2v) is 26.2. The van der Waals surface area contributed by atoms with Crippen LogP contribution in [0.2, 0.25) is 0 Å². The smallest absolute Gasteiger partial charge is 0.248 e. The van der Waals surface area contributed by atoms with Gasteiger partial charge in [-0.1, -0.05) is 155 Å². The second-order valence-electron chi connectivity index (χ2n) is 25.3. The molecule has 11 rings (SSSR count). The molecule has 5 aromatic carbocycles. The van der Waals surface area contributed by atoms with E-state index in [0.717, 1.165) is 12.8 Å². The molecular formula is C63H73BN2S. The van der Waals surface area contributed by atoms with Crippen LogP contribution in [0.4, 0.5) is 28.4 Å². The number of para-hydroxylation sites is 1. The average Bonchev–Trinajstić information content (AvgIpc) is 3.70. The van der Waals surface area contributed by atoms with Crippen LogP contribution in [0.3, 0.4) is 0 Å². The van der Waals surface area contributed by atoms with Gasteiger partial charge < -0.3 is 9.80 Å². The summed E-state index contributed by atoms with van der Waals surface area (Å²) in [4.78, 5) is 5.40. The molecule has 1 aromatic heterocycles. The maximum absolute atomic E-state index is 2.81. The molecule has 2 heterocycles. The number of benzene rings is 5. The van der Waals surface area contributed by atoms with E-state index in [2.05, 4.69) is 214 Å². The Kier molecular flexibility index (Phi) is 10.1. The Morgan fingerprint density at radius 2 is 1.12 bits per heavy atom. The molecule has 4 heteroatoms. The second kappa shape index (κ2) is 15.1. The van der Waals surface area contributed by atoms with Crippen LogP contribution in [-0.4, -0.2) is 12.8 Å². The van der Waals surface area contributed by atoms with Crippen molar-refractivity contribution in [2.75, 3.05) is 9.80 Å². The Bertz CT molecular complexity index is 3040. The largest absolute Gasteiger partial charge is 0.334 e. The van der Waals surface area contributed by atoms with Crippen molar-refractivity contribution in [3.8, 4) is 0 Å². The van der Waals surface area contributed by atoms with Gasteiger partial charge in [0.2, 0.25) is 6.71 Å². The SMILES string of the molecule is Cc1cc2c(cc1N1c3cc(N(c4ccccc4)C4C=CC=CC4)ccc3B(c3csc4cc5c(cc34)C(C)(C)CCC5(C)C)c3ccc4c(c31)C(C)(C)CCC4(C)C)C(C)(C)CCC2(C)C. The molecule has 0 saturated carbocycles. The third-order valence-corrected chi connectivity index (χ3v) is 19.0. The Morgan fingerprint density at radius 3 is 1.76 bits per heavy atom. The number of fused-ring (bicyclic) bond motifs is 7. The lowest BCUT2D eigenvalue weighted by molar-refractivity contribution is 0.331. The highest BCUT2D eigenvalue weighted by atomic mass is 32.1. The number of hydrogen-bond donors (Lipinski definition) is 0. The van der Waals surface area contributed by atoms with E-state index in [9.17, 15) is 0 Å². The van der Waals surface area contributed by atoms with E-state index in [4.69, 9.17) is 0 Å². The van der Waals surface area contributed by atoms with Crippen molar-refractivity contribution < 1.29 is 0 Å². The highest BCUT2D eigenvalue weighted by Crippen LogP contribution is 2.55. The molecule has 0 fully saturated rings. The fourth-order valence-electron chi connectivity index (χ4n) is 13.4. The monoisotopic (exact) mass is 901 g/mol. The summed E-state index contributed by atoms with van der Waals surface area (Å²) in [5.41, 5.74) is 21.8. The normalized spacial score (nSPS) is 22.1. The molecule has 4 aliphatic carbocycles. The Morgan fingerprint density at radius 1 is 0.537 bits per heavy atom. The molecule has 67 heavy (non-hydrogen) atoms. The van der Waals surface area contributed by atoms with E-state index in [0.29, 0.717) is 0 Å². The van der Waals surface area contributed by atoms with Crippen LogP contribution in [0, 0.1) is 6.92 Å². The Labute approximate surface area is 407 Å². The van der Waals surface area contributed by atoms with Gasteiger partial charge in [0.25, 0.3) is 0 Å². The minimum Gasteiger partial charge on any atom is -0.334 e. The summed E-state index contributed by atoms with van der Waals surface area (Å²) in [6.07, 6.45) is 17.3. The van der Waals surface area contributed by atoms with Gasteiger partial charge in [0.1, 0.15) is 0 Å². The highest BCUT2D eigenvalue weighted by molar-refractivity contribution is 7.20. The van der Waals surface area contributed by atoms with E-state index >= 15 is 0 Å². The molecule has 1 atom stereocenters. The zero-order chi connectivity index (χ0) is 47.2. The predicted molar refractivity (Wildman–Crippen MR) is 293 cm³/mol. The molecule has 0 bridgehead atoms. The van der Waals surface area contributed by atoms with Gasteiger partial charge in [-0.05, 0) is 187 Å². The van der Waals surface area contributed by atoms with E-state index in [1.807, 2.05) is 11.3 Å². The number of rotatable bonds is 5. The lowest BCUT2D eigenvalue weighted by Crippen LogP contribution is -2.58. The van der Waals surface area contributed by atoms with Crippen LogP contribution in [0.15, 0.2) is 115 Å². The number of anilines is 5. The summed E-state index contributed by atoms with van der Waals surface area (Å²) in [6.45, 7) is 32.4. The number of aryl methyl sites for hydroxylation is 1. The van der Waals surface area contributed by atoms with Crippen molar-refractivity contribution in [1.29, 1.82) is 0 Å². The van der Waals surface area contributed by atoms with Crippen LogP contribution < -0.4 is 26.2 Å². The molecule has 344 valence electrons. The van der Waals surface area contributed by atoms with Crippen LogP contribution in [0.5, 0.6) is 0 Å². The van der Waals surface area contributed by atoms with Gasteiger partial charge in [-0.3, -0.25) is 0 Å². The highest BCUT2D eigenvalue weighted by Gasteiger charge is 2.47. The van der Waals surface area contributed by atoms with Crippen molar-refractivity contribution in [3.05, 3.63) is 154 Å². The van der Waals surface area contributed by atoms with Crippen molar-refractivity contribution in [1.82, 2.24) is 0 Å². The standard InChI is InChI=1S/C63H73BN2S/c1-40-34-46-48(61(8,9)30-28-59(46,4)5)37-53(40)66-54-35-43(65(41-20-16-14-17-21-41)42-22-18-15-19-23-42)24-26-50(54)64(51-27-25-45-56(57(51)66)63(12,13)33-32-58(45,2)3)52-39-67-55-38-49-47(36-44(52)55)60(6,7)29-31-62(49,10)11/h14-22,24-27,34-39,42H,23,28-33H2,1-13H3. The van der Waals surface area contributed by atoms with Gasteiger partial charge >= 0.3 is 0 Å². The van der Waals surface area contributed by atoms with Gasteiger partial charge in [0, 0.05) is 33.1 Å². The number of hydrogen-bond acceptors (Lipinski definition) is 3. The molecule has 0 N–H and O–H groups in total. The first kappa shape index (κ1) is 44.7. The third kappa shape index (κ3) is 6.99. The molecule has 6 aromatic rings. The van der Waals surface area contributed by atoms with Crippen LogP contribution in [0.25, 0.3) is 10.1 Å². The van der Waals surface area contributed by atoms with Crippen molar-refractivity contribution in [2.45, 2.75) is 173 Å². The third-order valence-electron chi connectivity index (χ3n) is 18.0.